The van der Waals surface area contributed by atoms with Gasteiger partial charge in [-0.1, -0.05) is 0 Å². The van der Waals surface area contributed by atoms with Gasteiger partial charge in [-0.05, 0) is 12.8 Å². The first kappa shape index (κ1) is 9.39. The van der Waals surface area contributed by atoms with Gasteiger partial charge in [0.25, 0.3) is 0 Å². The Morgan fingerprint density at radius 3 is 3.21 bits per heavy atom. The van der Waals surface area contributed by atoms with Gasteiger partial charge in [-0.25, -0.2) is 4.98 Å². The van der Waals surface area contributed by atoms with Crippen LogP contribution in [0.1, 0.15) is 12.8 Å². The molecule has 1 aliphatic rings. The number of aromatic nitrogens is 2. The molecule has 1 aliphatic heterocycles. The van der Waals surface area contributed by atoms with Crippen LogP contribution in [0.25, 0.3) is 0 Å². The van der Waals surface area contributed by atoms with Crippen LogP contribution in [0.4, 0.5) is 5.13 Å². The SMILES string of the molecule is O=C(O)C1CCCN(c2ncns2)C1. The summed E-state index contributed by atoms with van der Waals surface area (Å²) in [5, 5.41) is 9.72. The quantitative estimate of drug-likeness (QED) is 0.788. The minimum Gasteiger partial charge on any atom is -0.481 e. The van der Waals surface area contributed by atoms with Crippen molar-refractivity contribution in [2.75, 3.05) is 18.0 Å². The van der Waals surface area contributed by atoms with Gasteiger partial charge >= 0.3 is 5.97 Å². The number of carbonyl (C=O) groups is 1. The highest BCUT2D eigenvalue weighted by atomic mass is 32.1. The van der Waals surface area contributed by atoms with Crippen LogP contribution in [0.3, 0.4) is 0 Å². The number of piperidine rings is 1. The summed E-state index contributed by atoms with van der Waals surface area (Å²) >= 11 is 1.32. The Morgan fingerprint density at radius 2 is 2.57 bits per heavy atom. The Balaban J connectivity index is 2.04. The lowest BCUT2D eigenvalue weighted by atomic mass is 9.99. The number of anilines is 1. The van der Waals surface area contributed by atoms with E-state index >= 15 is 0 Å². The molecule has 1 aromatic heterocycles. The average Bonchev–Trinajstić information content (AvgIpc) is 2.71. The zero-order valence-electron chi connectivity index (χ0n) is 7.59. The molecule has 0 aliphatic carbocycles. The summed E-state index contributed by atoms with van der Waals surface area (Å²) in [5.41, 5.74) is 0. The number of aliphatic carboxylic acids is 1. The first-order valence-electron chi connectivity index (χ1n) is 4.52. The minimum atomic E-state index is -0.709. The highest BCUT2D eigenvalue weighted by Crippen LogP contribution is 2.23. The molecular weight excluding hydrogens is 202 g/mol. The smallest absolute Gasteiger partial charge is 0.308 e. The van der Waals surface area contributed by atoms with Crippen LogP contribution < -0.4 is 4.90 Å². The lowest BCUT2D eigenvalue weighted by molar-refractivity contribution is -0.141. The van der Waals surface area contributed by atoms with Crippen molar-refractivity contribution in [1.29, 1.82) is 0 Å². The Hall–Kier alpha value is -1.17. The van der Waals surface area contributed by atoms with Gasteiger partial charge in [0.2, 0.25) is 5.13 Å². The highest BCUT2D eigenvalue weighted by molar-refractivity contribution is 7.09. The predicted molar refractivity (Wildman–Crippen MR) is 52.5 cm³/mol. The molecular formula is C8H11N3O2S. The third-order valence-electron chi connectivity index (χ3n) is 2.39. The van der Waals surface area contributed by atoms with Crippen LogP contribution in [-0.2, 0) is 4.79 Å². The van der Waals surface area contributed by atoms with Crippen molar-refractivity contribution in [3.05, 3.63) is 6.33 Å². The van der Waals surface area contributed by atoms with Crippen LogP contribution in [0.15, 0.2) is 6.33 Å². The fourth-order valence-electron chi connectivity index (χ4n) is 1.66. The second-order valence-electron chi connectivity index (χ2n) is 3.35. The fourth-order valence-corrected chi connectivity index (χ4v) is 2.22. The van der Waals surface area contributed by atoms with Gasteiger partial charge in [-0.15, -0.1) is 0 Å². The van der Waals surface area contributed by atoms with Crippen molar-refractivity contribution in [3.8, 4) is 0 Å². The maximum Gasteiger partial charge on any atom is 0.308 e. The van der Waals surface area contributed by atoms with E-state index in [1.54, 1.807) is 0 Å². The van der Waals surface area contributed by atoms with E-state index in [0.29, 0.717) is 6.54 Å². The van der Waals surface area contributed by atoms with Gasteiger partial charge < -0.3 is 10.0 Å². The minimum absolute atomic E-state index is 0.257. The maximum atomic E-state index is 10.8. The number of hydrogen-bond acceptors (Lipinski definition) is 5. The third-order valence-corrected chi connectivity index (χ3v) is 3.12. The molecule has 1 aromatic rings. The van der Waals surface area contributed by atoms with E-state index in [2.05, 4.69) is 9.36 Å². The van der Waals surface area contributed by atoms with Gasteiger partial charge in [0.15, 0.2) is 0 Å². The molecule has 1 saturated heterocycles. The molecule has 1 fully saturated rings. The van der Waals surface area contributed by atoms with E-state index in [4.69, 9.17) is 5.11 Å². The van der Waals surface area contributed by atoms with E-state index in [1.807, 2.05) is 4.90 Å². The second kappa shape index (κ2) is 3.91. The molecule has 0 radical (unpaired) electrons. The van der Waals surface area contributed by atoms with E-state index in [-0.39, 0.29) is 5.92 Å². The molecule has 2 rings (SSSR count). The molecule has 0 bridgehead atoms. The number of carboxylic acids is 1. The molecule has 6 heteroatoms. The van der Waals surface area contributed by atoms with Crippen molar-refractivity contribution in [2.45, 2.75) is 12.8 Å². The summed E-state index contributed by atoms with van der Waals surface area (Å²) < 4.78 is 3.91. The normalized spacial score (nSPS) is 22.3. The summed E-state index contributed by atoms with van der Waals surface area (Å²) in [6.45, 7) is 1.45. The first-order valence-corrected chi connectivity index (χ1v) is 5.29. The van der Waals surface area contributed by atoms with Crippen LogP contribution in [0, 0.1) is 5.92 Å². The molecule has 5 nitrogen and oxygen atoms in total. The van der Waals surface area contributed by atoms with Crippen molar-refractivity contribution >= 4 is 22.6 Å². The van der Waals surface area contributed by atoms with Crippen molar-refractivity contribution in [2.24, 2.45) is 5.92 Å². The standard InChI is InChI=1S/C8H11N3O2S/c12-7(13)6-2-1-3-11(4-6)8-9-5-10-14-8/h5-6H,1-4H2,(H,12,13). The number of rotatable bonds is 2. The molecule has 76 valence electrons. The molecule has 1 unspecified atom stereocenters. The van der Waals surface area contributed by atoms with Crippen molar-refractivity contribution in [1.82, 2.24) is 9.36 Å². The maximum absolute atomic E-state index is 10.8. The van der Waals surface area contributed by atoms with Crippen molar-refractivity contribution in [3.63, 3.8) is 0 Å². The Morgan fingerprint density at radius 1 is 1.71 bits per heavy atom. The average molecular weight is 213 g/mol. The molecule has 1 N–H and O–H groups in total. The number of carboxylic acid groups (broad SMARTS) is 1. The van der Waals surface area contributed by atoms with Crippen LogP contribution in [0.2, 0.25) is 0 Å². The molecule has 0 saturated carbocycles. The van der Waals surface area contributed by atoms with Crippen molar-refractivity contribution < 1.29 is 9.90 Å². The first-order chi connectivity index (χ1) is 6.77. The summed E-state index contributed by atoms with van der Waals surface area (Å²) in [6.07, 6.45) is 3.19. The monoisotopic (exact) mass is 213 g/mol. The number of hydrogen-bond donors (Lipinski definition) is 1. The van der Waals surface area contributed by atoms with Gasteiger partial charge in [0.1, 0.15) is 6.33 Å². The predicted octanol–water partition coefficient (Wildman–Crippen LogP) is 0.839. The summed E-state index contributed by atoms with van der Waals surface area (Å²) in [6, 6.07) is 0. The van der Waals surface area contributed by atoms with Crippen LogP contribution >= 0.6 is 11.5 Å². The van der Waals surface area contributed by atoms with E-state index in [0.717, 1.165) is 24.5 Å². The third kappa shape index (κ3) is 1.84. The Kier molecular flexibility index (Phi) is 2.62. The molecule has 14 heavy (non-hydrogen) atoms. The summed E-state index contributed by atoms with van der Waals surface area (Å²) in [7, 11) is 0. The molecule has 0 aromatic carbocycles. The largest absolute Gasteiger partial charge is 0.481 e. The lowest BCUT2D eigenvalue weighted by Crippen LogP contribution is -2.38. The highest BCUT2D eigenvalue weighted by Gasteiger charge is 2.26. The molecule has 0 spiro atoms. The van der Waals surface area contributed by atoms with Gasteiger partial charge in [0, 0.05) is 24.6 Å². The fraction of sp³-hybridized carbons (Fsp3) is 0.625. The van der Waals surface area contributed by atoms with Crippen LogP contribution in [-0.4, -0.2) is 33.5 Å². The van der Waals surface area contributed by atoms with Gasteiger partial charge in [-0.2, -0.15) is 4.37 Å². The summed E-state index contributed by atoms with van der Waals surface area (Å²) in [4.78, 5) is 16.9. The molecule has 1 atom stereocenters. The van der Waals surface area contributed by atoms with E-state index in [1.165, 1.54) is 17.9 Å². The van der Waals surface area contributed by atoms with Gasteiger partial charge in [-0.3, -0.25) is 4.79 Å². The van der Waals surface area contributed by atoms with E-state index < -0.39 is 5.97 Å². The van der Waals surface area contributed by atoms with E-state index in [9.17, 15) is 4.79 Å². The number of nitrogens with zero attached hydrogens (tertiary/aromatic N) is 3. The Bertz CT molecular complexity index is 314. The van der Waals surface area contributed by atoms with Gasteiger partial charge in [0.05, 0.1) is 5.92 Å². The topological polar surface area (TPSA) is 66.3 Å². The zero-order valence-corrected chi connectivity index (χ0v) is 8.40. The second-order valence-corrected chi connectivity index (χ2v) is 4.11. The lowest BCUT2D eigenvalue weighted by Gasteiger charge is -2.29. The molecule has 2 heterocycles. The zero-order chi connectivity index (χ0) is 9.97. The Labute approximate surface area is 85.6 Å². The summed E-state index contributed by atoms with van der Waals surface area (Å²) in [5.74, 6) is -0.966. The van der Waals surface area contributed by atoms with Crippen LogP contribution in [0.5, 0.6) is 0 Å². The molecule has 0 amide bonds.